The Kier molecular flexibility index (Phi) is 3.60. The summed E-state index contributed by atoms with van der Waals surface area (Å²) in [6.45, 7) is 1.02. The van der Waals surface area contributed by atoms with Gasteiger partial charge in [0.25, 0.3) is 0 Å². The molecule has 1 aliphatic carbocycles. The topological polar surface area (TPSA) is 73.7 Å². The highest BCUT2D eigenvalue weighted by molar-refractivity contribution is 9.10. The zero-order valence-electron chi connectivity index (χ0n) is 15.3. The number of hydrogen-bond acceptors (Lipinski definition) is 3. The second-order valence-corrected chi connectivity index (χ2v) is 9.23. The number of piperidine rings is 1. The molecule has 8 heteroatoms. The number of fused-ring (bicyclic) bond motifs is 4. The third kappa shape index (κ3) is 2.21. The lowest BCUT2D eigenvalue weighted by atomic mass is 9.47. The molecule has 2 aromatic rings. The number of carbonyl (C=O) groups excluding carboxylic acids is 1. The molecule has 1 saturated heterocycles. The summed E-state index contributed by atoms with van der Waals surface area (Å²) in [4.78, 5) is 32.0. The van der Waals surface area contributed by atoms with Crippen molar-refractivity contribution in [3.63, 3.8) is 0 Å². The molecular formula is C20H19BrFN3O3. The van der Waals surface area contributed by atoms with Crippen LogP contribution in [0.2, 0.25) is 0 Å². The van der Waals surface area contributed by atoms with Crippen LogP contribution in [-0.4, -0.2) is 47.1 Å². The first-order valence-corrected chi connectivity index (χ1v) is 10.1. The van der Waals surface area contributed by atoms with Crippen molar-refractivity contribution in [1.82, 2.24) is 9.88 Å². The average molecular weight is 448 g/mol. The number of halogens is 2. The Morgan fingerprint density at radius 1 is 1.29 bits per heavy atom. The van der Waals surface area contributed by atoms with Gasteiger partial charge >= 0.3 is 6.09 Å². The Bertz CT molecular complexity index is 1040. The van der Waals surface area contributed by atoms with E-state index in [4.69, 9.17) is 0 Å². The number of likely N-dealkylation sites (tertiary alicyclic amines) is 1. The van der Waals surface area contributed by atoms with Gasteiger partial charge in [0.05, 0.1) is 27.3 Å². The van der Waals surface area contributed by atoms with Gasteiger partial charge in [-0.1, -0.05) is 0 Å². The van der Waals surface area contributed by atoms with Crippen LogP contribution in [0.3, 0.4) is 0 Å². The van der Waals surface area contributed by atoms with Gasteiger partial charge in [0, 0.05) is 37.2 Å². The molecule has 1 aromatic carbocycles. The maximum atomic E-state index is 14.0. The van der Waals surface area contributed by atoms with Crippen LogP contribution in [0.15, 0.2) is 22.8 Å². The van der Waals surface area contributed by atoms with Crippen molar-refractivity contribution in [2.45, 2.75) is 31.1 Å². The van der Waals surface area contributed by atoms with E-state index in [1.807, 2.05) is 0 Å². The maximum absolute atomic E-state index is 14.0. The minimum Gasteiger partial charge on any atom is -0.465 e. The molecule has 2 aliphatic heterocycles. The fourth-order valence-electron chi connectivity index (χ4n) is 5.55. The van der Waals surface area contributed by atoms with Gasteiger partial charge in [0.15, 0.2) is 0 Å². The fourth-order valence-corrected chi connectivity index (χ4v) is 5.90. The van der Waals surface area contributed by atoms with E-state index in [0.717, 1.165) is 29.5 Å². The second-order valence-electron chi connectivity index (χ2n) is 8.37. The Morgan fingerprint density at radius 2 is 1.96 bits per heavy atom. The number of nitrogens with zero attached hydrogens (tertiary/aromatic N) is 3. The average Bonchev–Trinajstić information content (AvgIpc) is 2.85. The van der Waals surface area contributed by atoms with Crippen LogP contribution < -0.4 is 4.90 Å². The first-order chi connectivity index (χ1) is 13.3. The van der Waals surface area contributed by atoms with Crippen LogP contribution >= 0.6 is 15.9 Å². The van der Waals surface area contributed by atoms with Crippen molar-refractivity contribution < 1.29 is 19.1 Å². The monoisotopic (exact) mass is 447 g/mol. The molecule has 2 fully saturated rings. The Morgan fingerprint density at radius 3 is 2.61 bits per heavy atom. The van der Waals surface area contributed by atoms with E-state index in [1.165, 1.54) is 11.0 Å². The quantitative estimate of drug-likeness (QED) is 0.664. The number of amides is 2. The SMILES string of the molecule is CN1C(=O)C2(CC3(CCN(C(=O)O)CC3)C2)c2c1cnc1cc(F)c(Br)cc21. The molecule has 28 heavy (non-hydrogen) atoms. The first kappa shape index (κ1) is 17.8. The van der Waals surface area contributed by atoms with Gasteiger partial charge in [-0.2, -0.15) is 0 Å². The van der Waals surface area contributed by atoms with E-state index >= 15 is 0 Å². The number of pyridine rings is 1. The summed E-state index contributed by atoms with van der Waals surface area (Å²) in [7, 11) is 1.76. The standard InChI is InChI=1S/C20H19BrFN3O3/c1-24-15-8-23-14-7-13(22)12(21)6-11(14)16(15)20(17(24)26)9-19(10-20)2-4-25(5-3-19)18(27)28/h6-8H,2-5,9-10H2,1H3,(H,27,28). The summed E-state index contributed by atoms with van der Waals surface area (Å²) >= 11 is 3.26. The van der Waals surface area contributed by atoms with Gasteiger partial charge in [0.2, 0.25) is 5.91 Å². The number of carboxylic acid groups (broad SMARTS) is 1. The van der Waals surface area contributed by atoms with Crippen LogP contribution in [0.4, 0.5) is 14.9 Å². The maximum Gasteiger partial charge on any atom is 0.407 e. The Hall–Kier alpha value is -2.22. The number of benzene rings is 1. The van der Waals surface area contributed by atoms with E-state index in [2.05, 4.69) is 20.9 Å². The van der Waals surface area contributed by atoms with E-state index in [9.17, 15) is 19.1 Å². The highest BCUT2D eigenvalue weighted by Gasteiger charge is 2.64. The number of likely N-dealkylation sites (N-methyl/N-ethyl adjacent to an activating group) is 1. The lowest BCUT2D eigenvalue weighted by Crippen LogP contribution is -2.58. The molecule has 0 atom stereocenters. The second kappa shape index (κ2) is 5.65. The Balaban J connectivity index is 1.57. The number of aromatic nitrogens is 1. The zero-order valence-corrected chi connectivity index (χ0v) is 16.9. The summed E-state index contributed by atoms with van der Waals surface area (Å²) in [5, 5.41) is 10.0. The summed E-state index contributed by atoms with van der Waals surface area (Å²) in [6, 6.07) is 3.12. The predicted molar refractivity (Wildman–Crippen MR) is 105 cm³/mol. The normalized spacial score (nSPS) is 22.0. The molecule has 3 heterocycles. The smallest absolute Gasteiger partial charge is 0.407 e. The minimum absolute atomic E-state index is 0.00306. The van der Waals surface area contributed by atoms with Gasteiger partial charge in [-0.05, 0) is 53.1 Å². The number of hydrogen-bond donors (Lipinski definition) is 1. The minimum atomic E-state index is -0.880. The molecule has 5 rings (SSSR count). The van der Waals surface area contributed by atoms with Crippen molar-refractivity contribution in [3.8, 4) is 0 Å². The number of carbonyl (C=O) groups is 2. The fraction of sp³-hybridized carbons (Fsp3) is 0.450. The summed E-state index contributed by atoms with van der Waals surface area (Å²) in [5.41, 5.74) is 1.65. The summed E-state index contributed by atoms with van der Waals surface area (Å²) < 4.78 is 14.4. The molecule has 3 aliphatic rings. The number of anilines is 1. The van der Waals surface area contributed by atoms with Crippen LogP contribution in [0.5, 0.6) is 0 Å². The van der Waals surface area contributed by atoms with E-state index in [1.54, 1.807) is 24.2 Å². The van der Waals surface area contributed by atoms with Crippen molar-refractivity contribution in [2.75, 3.05) is 25.0 Å². The van der Waals surface area contributed by atoms with Crippen molar-refractivity contribution >= 4 is 44.5 Å². The highest BCUT2D eigenvalue weighted by Crippen LogP contribution is 2.65. The molecule has 1 aromatic heterocycles. The molecule has 1 N–H and O–H groups in total. The first-order valence-electron chi connectivity index (χ1n) is 9.31. The molecule has 146 valence electrons. The molecule has 0 bridgehead atoms. The van der Waals surface area contributed by atoms with Gasteiger partial charge in [-0.15, -0.1) is 0 Å². The van der Waals surface area contributed by atoms with Gasteiger partial charge in [-0.25, -0.2) is 9.18 Å². The largest absolute Gasteiger partial charge is 0.465 e. The lowest BCUT2D eigenvalue weighted by Gasteiger charge is -2.56. The third-order valence-corrected chi connectivity index (χ3v) is 7.50. The van der Waals surface area contributed by atoms with Crippen molar-refractivity contribution in [3.05, 3.63) is 34.2 Å². The molecule has 6 nitrogen and oxygen atoms in total. The Labute approximate surface area is 169 Å². The van der Waals surface area contributed by atoms with Crippen molar-refractivity contribution in [1.29, 1.82) is 0 Å². The molecule has 0 unspecified atom stereocenters. The van der Waals surface area contributed by atoms with Crippen LogP contribution in [-0.2, 0) is 10.2 Å². The van der Waals surface area contributed by atoms with Crippen molar-refractivity contribution in [2.24, 2.45) is 5.41 Å². The zero-order chi connectivity index (χ0) is 19.8. The molecule has 2 spiro atoms. The van der Waals surface area contributed by atoms with Crippen LogP contribution in [0.1, 0.15) is 31.2 Å². The van der Waals surface area contributed by atoms with Gasteiger partial charge in [0.1, 0.15) is 5.82 Å². The number of rotatable bonds is 0. The molecule has 0 radical (unpaired) electrons. The van der Waals surface area contributed by atoms with Crippen LogP contribution in [0.25, 0.3) is 10.9 Å². The van der Waals surface area contributed by atoms with Gasteiger partial charge < -0.3 is 14.9 Å². The predicted octanol–water partition coefficient (Wildman–Crippen LogP) is 3.90. The van der Waals surface area contributed by atoms with E-state index < -0.39 is 11.5 Å². The summed E-state index contributed by atoms with van der Waals surface area (Å²) in [6.07, 6.45) is 3.74. The highest BCUT2D eigenvalue weighted by atomic mass is 79.9. The van der Waals surface area contributed by atoms with E-state index in [-0.39, 0.29) is 17.1 Å². The lowest BCUT2D eigenvalue weighted by molar-refractivity contribution is -0.134. The molecule has 2 amide bonds. The summed E-state index contributed by atoms with van der Waals surface area (Å²) in [5.74, 6) is -0.318. The van der Waals surface area contributed by atoms with Gasteiger partial charge in [-0.3, -0.25) is 9.78 Å². The third-order valence-electron chi connectivity index (χ3n) is 6.89. The van der Waals surface area contributed by atoms with E-state index in [0.29, 0.717) is 35.9 Å². The molecular weight excluding hydrogens is 429 g/mol. The molecule has 1 saturated carbocycles. The van der Waals surface area contributed by atoms with Crippen LogP contribution in [0, 0.1) is 11.2 Å².